The Labute approximate surface area is 103 Å². The number of rotatable bonds is 0. The Balaban J connectivity index is 0.00000144. The van der Waals surface area contributed by atoms with E-state index >= 15 is 0 Å². The third kappa shape index (κ3) is 5.82. The SMILES string of the molecule is C[Si]1C[SiH](C)C[Si](C)C[SiH](C)C1.[Ru]. The minimum atomic E-state index is -0.199. The summed E-state index contributed by atoms with van der Waals surface area (Å²) in [6.07, 6.45) is 0. The third-order valence-corrected chi connectivity index (χ3v) is 25.1. The van der Waals surface area contributed by atoms with Crippen LogP contribution >= 0.6 is 0 Å². The van der Waals surface area contributed by atoms with Crippen molar-refractivity contribution >= 4 is 35.2 Å². The molecule has 1 aliphatic heterocycles. The van der Waals surface area contributed by atoms with Crippen LogP contribution in [0.5, 0.6) is 0 Å². The Bertz CT molecular complexity index is 104. The molecule has 1 fully saturated rings. The van der Waals surface area contributed by atoms with E-state index in [0.717, 1.165) is 0 Å². The van der Waals surface area contributed by atoms with Gasteiger partial charge in [0.1, 0.15) is 0 Å². The van der Waals surface area contributed by atoms with E-state index in [1.807, 2.05) is 0 Å². The second-order valence-electron chi connectivity index (χ2n) is 4.94. The van der Waals surface area contributed by atoms with E-state index in [9.17, 15) is 0 Å². The Morgan fingerprint density at radius 3 is 1.23 bits per heavy atom. The van der Waals surface area contributed by atoms with Crippen molar-refractivity contribution in [2.24, 2.45) is 0 Å². The number of hydrogen-bond acceptors (Lipinski definition) is 0. The van der Waals surface area contributed by atoms with Gasteiger partial charge in [-0.1, -0.05) is 48.9 Å². The molecule has 0 atom stereocenters. The molecule has 5 heteroatoms. The second kappa shape index (κ2) is 6.88. The van der Waals surface area contributed by atoms with Crippen LogP contribution in [0, 0.1) is 0 Å². The van der Waals surface area contributed by atoms with Gasteiger partial charge in [-0.25, -0.2) is 0 Å². The van der Waals surface area contributed by atoms with Crippen molar-refractivity contribution in [2.75, 3.05) is 0 Å². The molecule has 78 valence electrons. The summed E-state index contributed by atoms with van der Waals surface area (Å²) < 4.78 is 0. The first-order chi connectivity index (χ1) is 5.58. The van der Waals surface area contributed by atoms with Crippen LogP contribution < -0.4 is 0 Å². The zero-order valence-corrected chi connectivity index (χ0v) is 15.4. The van der Waals surface area contributed by atoms with E-state index in [1.165, 1.54) is 0 Å². The molecular formula is C8H22RuSi4. The Kier molecular flexibility index (Phi) is 7.67. The molecule has 1 aliphatic rings. The van der Waals surface area contributed by atoms with Crippen molar-refractivity contribution in [3.05, 3.63) is 0 Å². The van der Waals surface area contributed by atoms with Crippen molar-refractivity contribution in [1.82, 2.24) is 0 Å². The molecule has 0 amide bonds. The molecule has 13 heavy (non-hydrogen) atoms. The van der Waals surface area contributed by atoms with Crippen molar-refractivity contribution < 1.29 is 19.5 Å². The molecule has 0 aromatic heterocycles. The molecule has 0 spiro atoms. The summed E-state index contributed by atoms with van der Waals surface area (Å²) in [7, 11) is -0.0628. The van der Waals surface area contributed by atoms with Crippen LogP contribution in [0.4, 0.5) is 0 Å². The number of hydrogen-bond donors (Lipinski definition) is 0. The van der Waals surface area contributed by atoms with E-state index in [1.54, 1.807) is 22.7 Å². The van der Waals surface area contributed by atoms with Crippen molar-refractivity contribution in [1.29, 1.82) is 0 Å². The maximum atomic E-state index is 2.62. The molecule has 0 saturated carbocycles. The van der Waals surface area contributed by atoms with Gasteiger partial charge in [0.2, 0.25) is 0 Å². The van der Waals surface area contributed by atoms with Crippen LogP contribution in [-0.2, 0) is 19.5 Å². The monoisotopic (exact) mass is 332 g/mol. The summed E-state index contributed by atoms with van der Waals surface area (Å²) in [5, 5.41) is 0. The minimum absolute atomic E-state index is 0. The average Bonchev–Trinajstić information content (AvgIpc) is 1.81. The van der Waals surface area contributed by atoms with Crippen LogP contribution in [-0.4, -0.2) is 35.2 Å². The fourth-order valence-electron chi connectivity index (χ4n) is 2.69. The third-order valence-electron chi connectivity index (χ3n) is 2.79. The summed E-state index contributed by atoms with van der Waals surface area (Å²) in [6.45, 7) is 10.5. The maximum Gasteiger partial charge on any atom is 0.0384 e. The Morgan fingerprint density at radius 2 is 1.00 bits per heavy atom. The van der Waals surface area contributed by atoms with Crippen molar-refractivity contribution in [2.45, 2.75) is 48.9 Å². The summed E-state index contributed by atoms with van der Waals surface area (Å²) >= 11 is 0. The molecule has 1 heterocycles. The summed E-state index contributed by atoms with van der Waals surface area (Å²) in [6, 6.07) is 0. The second-order valence-corrected chi connectivity index (χ2v) is 19.7. The smallest absolute Gasteiger partial charge is 0.0384 e. The zero-order valence-electron chi connectivity index (χ0n) is 9.34. The first kappa shape index (κ1) is 14.5. The van der Waals surface area contributed by atoms with Crippen molar-refractivity contribution in [3.63, 3.8) is 0 Å². The molecule has 0 nitrogen and oxygen atoms in total. The predicted octanol–water partition coefficient (Wildman–Crippen LogP) is 2.12. The first-order valence-electron chi connectivity index (χ1n) is 5.20. The molecule has 1 saturated heterocycles. The van der Waals surface area contributed by atoms with Gasteiger partial charge in [-0.05, 0) is 0 Å². The van der Waals surface area contributed by atoms with Gasteiger partial charge in [0.15, 0.2) is 0 Å². The van der Waals surface area contributed by atoms with Gasteiger partial charge in [0, 0.05) is 54.7 Å². The Hall–Kier alpha value is 1.49. The van der Waals surface area contributed by atoms with Gasteiger partial charge >= 0.3 is 0 Å². The maximum absolute atomic E-state index is 2.62. The topological polar surface area (TPSA) is 0 Å². The van der Waals surface area contributed by atoms with Crippen LogP contribution in [0.25, 0.3) is 0 Å². The van der Waals surface area contributed by atoms with E-state index in [2.05, 4.69) is 26.2 Å². The fourth-order valence-corrected chi connectivity index (χ4v) is 29.8. The summed E-state index contributed by atoms with van der Waals surface area (Å²) in [5.74, 6) is 0. The average molecular weight is 332 g/mol. The van der Waals surface area contributed by atoms with E-state index < -0.39 is 0 Å². The standard InChI is InChI=1S/C8H22Si4.Ru/c1-9-5-10(2)7-12(4)8-11(3)6-9;/h9,12H,5-8H2,1-4H3;. The van der Waals surface area contributed by atoms with E-state index in [4.69, 9.17) is 0 Å². The van der Waals surface area contributed by atoms with Gasteiger partial charge in [-0.2, -0.15) is 0 Å². The van der Waals surface area contributed by atoms with Crippen LogP contribution in [0.3, 0.4) is 0 Å². The van der Waals surface area contributed by atoms with Gasteiger partial charge in [0.25, 0.3) is 0 Å². The molecule has 0 aromatic rings. The molecule has 0 aliphatic carbocycles. The quantitative estimate of drug-likeness (QED) is 0.597. The van der Waals surface area contributed by atoms with Gasteiger partial charge in [-0.3, -0.25) is 0 Å². The van der Waals surface area contributed by atoms with Crippen LogP contribution in [0.1, 0.15) is 0 Å². The van der Waals surface area contributed by atoms with Crippen LogP contribution in [0.15, 0.2) is 0 Å². The van der Waals surface area contributed by atoms with E-state index in [-0.39, 0.29) is 54.7 Å². The molecule has 0 N–H and O–H groups in total. The van der Waals surface area contributed by atoms with E-state index in [0.29, 0.717) is 0 Å². The molecule has 1 rings (SSSR count). The first-order valence-corrected chi connectivity index (χ1v) is 15.6. The molecule has 2 radical (unpaired) electrons. The largest absolute Gasteiger partial charge is 0.0724 e. The van der Waals surface area contributed by atoms with Gasteiger partial charge in [0.05, 0.1) is 0 Å². The minimum Gasteiger partial charge on any atom is -0.0724 e. The Morgan fingerprint density at radius 1 is 0.769 bits per heavy atom. The van der Waals surface area contributed by atoms with Crippen LogP contribution in [0.2, 0.25) is 48.9 Å². The fraction of sp³-hybridized carbons (Fsp3) is 1.00. The van der Waals surface area contributed by atoms with Gasteiger partial charge in [-0.15, -0.1) is 0 Å². The molecular weight excluding hydrogens is 310 g/mol. The predicted molar refractivity (Wildman–Crippen MR) is 68.5 cm³/mol. The molecule has 0 bridgehead atoms. The summed E-state index contributed by atoms with van der Waals surface area (Å²) in [4.78, 5) is 0. The summed E-state index contributed by atoms with van der Waals surface area (Å²) in [5.41, 5.74) is 7.02. The van der Waals surface area contributed by atoms with Crippen molar-refractivity contribution in [3.8, 4) is 0 Å². The zero-order chi connectivity index (χ0) is 9.14. The normalized spacial score (nSPS) is 33.2. The molecule has 0 unspecified atom stereocenters. The molecule has 0 aromatic carbocycles. The van der Waals surface area contributed by atoms with Gasteiger partial charge < -0.3 is 0 Å².